The van der Waals surface area contributed by atoms with Crippen molar-refractivity contribution in [1.29, 1.82) is 0 Å². The van der Waals surface area contributed by atoms with Gasteiger partial charge < -0.3 is 0 Å². The number of rotatable bonds is 3. The van der Waals surface area contributed by atoms with E-state index in [4.69, 9.17) is 11.6 Å². The maximum atomic E-state index is 11.0. The molecular formula is C16H16ClNOS. The summed E-state index contributed by atoms with van der Waals surface area (Å²) in [6.45, 7) is 1.05. The molecule has 1 aromatic heterocycles. The van der Waals surface area contributed by atoms with E-state index in [1.54, 1.807) is 0 Å². The van der Waals surface area contributed by atoms with Crippen molar-refractivity contribution in [2.75, 3.05) is 13.6 Å². The Hall–Kier alpha value is -1.16. The summed E-state index contributed by atoms with van der Waals surface area (Å²) in [4.78, 5) is 14.1. The number of hydrogen-bond acceptors (Lipinski definition) is 3. The van der Waals surface area contributed by atoms with E-state index in [1.165, 1.54) is 22.5 Å². The zero-order chi connectivity index (χ0) is 14.2. The molecule has 20 heavy (non-hydrogen) atoms. The third kappa shape index (κ3) is 2.10. The lowest BCUT2D eigenvalue weighted by molar-refractivity contribution is 0.112. The monoisotopic (exact) mass is 305 g/mol. The Morgan fingerprint density at radius 2 is 2.20 bits per heavy atom. The van der Waals surface area contributed by atoms with Gasteiger partial charge in [0.25, 0.3) is 0 Å². The number of carbonyl (C=O) groups excluding carboxylic acids is 1. The summed E-state index contributed by atoms with van der Waals surface area (Å²) in [5.74, 6) is 0. The first-order valence-corrected chi connectivity index (χ1v) is 7.94. The van der Waals surface area contributed by atoms with Crippen molar-refractivity contribution in [3.8, 4) is 0 Å². The van der Waals surface area contributed by atoms with Crippen molar-refractivity contribution in [2.45, 2.75) is 18.4 Å². The summed E-state index contributed by atoms with van der Waals surface area (Å²) >= 11 is 7.69. The fraction of sp³-hybridized carbons (Fsp3) is 0.312. The van der Waals surface area contributed by atoms with Gasteiger partial charge in [-0.3, -0.25) is 9.69 Å². The number of nitrogens with zero attached hydrogens (tertiary/aromatic N) is 1. The van der Waals surface area contributed by atoms with E-state index in [1.807, 2.05) is 24.3 Å². The molecule has 0 radical (unpaired) electrons. The predicted octanol–water partition coefficient (Wildman–Crippen LogP) is 4.18. The maximum Gasteiger partial charge on any atom is 0.160 e. The van der Waals surface area contributed by atoms with E-state index in [0.29, 0.717) is 0 Å². The number of thiophene rings is 1. The zero-order valence-corrected chi connectivity index (χ0v) is 12.9. The lowest BCUT2D eigenvalue weighted by atomic mass is 9.82. The highest BCUT2D eigenvalue weighted by Gasteiger charge is 2.42. The molecule has 1 unspecified atom stereocenters. The Morgan fingerprint density at radius 3 is 2.80 bits per heavy atom. The van der Waals surface area contributed by atoms with Crippen LogP contribution >= 0.6 is 22.9 Å². The highest BCUT2D eigenvalue weighted by molar-refractivity contribution is 7.11. The molecule has 0 spiro atoms. The van der Waals surface area contributed by atoms with Gasteiger partial charge >= 0.3 is 0 Å². The first-order chi connectivity index (χ1) is 9.66. The quantitative estimate of drug-likeness (QED) is 0.793. The second-order valence-electron chi connectivity index (χ2n) is 5.25. The number of aldehydes is 1. The Bertz CT molecular complexity index is 639. The van der Waals surface area contributed by atoms with Crippen molar-refractivity contribution >= 4 is 29.2 Å². The first kappa shape index (κ1) is 13.8. The molecule has 2 heterocycles. The van der Waals surface area contributed by atoms with Crippen molar-refractivity contribution in [3.63, 3.8) is 0 Å². The molecule has 1 aliphatic rings. The van der Waals surface area contributed by atoms with Crippen molar-refractivity contribution in [1.82, 2.24) is 4.90 Å². The Balaban J connectivity index is 2.16. The Labute approximate surface area is 128 Å². The molecule has 104 valence electrons. The number of benzene rings is 1. The SMILES string of the molecule is CN1CCCC1(c1cccc(Cl)c1)c1csc(C=O)c1. The van der Waals surface area contributed by atoms with Crippen LogP contribution in [0.25, 0.3) is 0 Å². The maximum absolute atomic E-state index is 11.0. The molecule has 2 nitrogen and oxygen atoms in total. The molecule has 0 saturated carbocycles. The van der Waals surface area contributed by atoms with Gasteiger partial charge in [-0.2, -0.15) is 0 Å². The molecule has 0 aliphatic carbocycles. The molecule has 1 aromatic carbocycles. The fourth-order valence-electron chi connectivity index (χ4n) is 3.23. The van der Waals surface area contributed by atoms with E-state index < -0.39 is 0 Å². The normalized spacial score (nSPS) is 23.1. The van der Waals surface area contributed by atoms with Crippen LogP contribution in [-0.2, 0) is 5.54 Å². The molecule has 1 saturated heterocycles. The van der Waals surface area contributed by atoms with Crippen LogP contribution in [0.4, 0.5) is 0 Å². The van der Waals surface area contributed by atoms with Gasteiger partial charge in [-0.25, -0.2) is 0 Å². The average Bonchev–Trinajstić information content (AvgIpc) is 3.05. The van der Waals surface area contributed by atoms with Crippen LogP contribution in [-0.4, -0.2) is 24.8 Å². The molecule has 1 aliphatic heterocycles. The van der Waals surface area contributed by atoms with Gasteiger partial charge in [-0.1, -0.05) is 23.7 Å². The van der Waals surface area contributed by atoms with Crippen molar-refractivity contribution in [2.24, 2.45) is 0 Å². The highest BCUT2D eigenvalue weighted by Crippen LogP contribution is 2.45. The lowest BCUT2D eigenvalue weighted by Crippen LogP contribution is -2.39. The minimum Gasteiger partial charge on any atom is -0.297 e. The van der Waals surface area contributed by atoms with E-state index in [9.17, 15) is 4.79 Å². The van der Waals surface area contributed by atoms with Crippen LogP contribution in [0.2, 0.25) is 5.02 Å². The molecule has 3 rings (SSSR count). The van der Waals surface area contributed by atoms with E-state index in [-0.39, 0.29) is 5.54 Å². The van der Waals surface area contributed by atoms with E-state index >= 15 is 0 Å². The van der Waals surface area contributed by atoms with Gasteiger partial charge in [0.1, 0.15) is 0 Å². The third-order valence-corrected chi connectivity index (χ3v) is 5.29. The topological polar surface area (TPSA) is 20.3 Å². The molecule has 0 bridgehead atoms. The third-order valence-electron chi connectivity index (χ3n) is 4.20. The molecule has 0 N–H and O–H groups in total. The van der Waals surface area contributed by atoms with Gasteiger partial charge in [0, 0.05) is 5.02 Å². The number of carbonyl (C=O) groups is 1. The molecule has 1 atom stereocenters. The second-order valence-corrected chi connectivity index (χ2v) is 6.63. The predicted molar refractivity (Wildman–Crippen MR) is 83.8 cm³/mol. The summed E-state index contributed by atoms with van der Waals surface area (Å²) in [5.41, 5.74) is 2.26. The van der Waals surface area contributed by atoms with E-state index in [0.717, 1.165) is 35.6 Å². The van der Waals surface area contributed by atoms with Gasteiger partial charge in [-0.05, 0) is 61.1 Å². The first-order valence-electron chi connectivity index (χ1n) is 6.68. The molecule has 4 heteroatoms. The number of likely N-dealkylation sites (tertiary alicyclic amines) is 1. The van der Waals surface area contributed by atoms with E-state index in [2.05, 4.69) is 23.4 Å². The largest absolute Gasteiger partial charge is 0.297 e. The summed E-state index contributed by atoms with van der Waals surface area (Å²) in [7, 11) is 2.14. The molecule has 1 fully saturated rings. The zero-order valence-electron chi connectivity index (χ0n) is 11.3. The lowest BCUT2D eigenvalue weighted by Gasteiger charge is -2.36. The average molecular weight is 306 g/mol. The van der Waals surface area contributed by atoms with Crippen LogP contribution < -0.4 is 0 Å². The second kappa shape index (κ2) is 5.32. The highest BCUT2D eigenvalue weighted by atomic mass is 35.5. The Kier molecular flexibility index (Phi) is 3.67. The van der Waals surface area contributed by atoms with Crippen LogP contribution in [0.5, 0.6) is 0 Å². The summed E-state index contributed by atoms with van der Waals surface area (Å²) in [6.07, 6.45) is 3.13. The van der Waals surface area contributed by atoms with Crippen LogP contribution in [0, 0.1) is 0 Å². The molecule has 2 aromatic rings. The minimum atomic E-state index is -0.150. The van der Waals surface area contributed by atoms with Crippen molar-refractivity contribution < 1.29 is 4.79 Å². The van der Waals surface area contributed by atoms with Gasteiger partial charge in [0.05, 0.1) is 10.4 Å². The number of halogens is 1. The van der Waals surface area contributed by atoms with Gasteiger partial charge in [-0.15, -0.1) is 11.3 Å². The summed E-state index contributed by atoms with van der Waals surface area (Å²) in [5, 5.41) is 2.86. The van der Waals surface area contributed by atoms with Crippen LogP contribution in [0.3, 0.4) is 0 Å². The smallest absolute Gasteiger partial charge is 0.160 e. The van der Waals surface area contributed by atoms with Crippen molar-refractivity contribution in [3.05, 3.63) is 56.7 Å². The van der Waals surface area contributed by atoms with Crippen LogP contribution in [0.15, 0.2) is 35.7 Å². The van der Waals surface area contributed by atoms with Gasteiger partial charge in [0.2, 0.25) is 0 Å². The molecular weight excluding hydrogens is 290 g/mol. The summed E-state index contributed by atoms with van der Waals surface area (Å²) in [6, 6.07) is 10.1. The van der Waals surface area contributed by atoms with Gasteiger partial charge in [0.15, 0.2) is 6.29 Å². The minimum absolute atomic E-state index is 0.150. The summed E-state index contributed by atoms with van der Waals surface area (Å²) < 4.78 is 0. The fourth-order valence-corrected chi connectivity index (χ4v) is 4.19. The Morgan fingerprint density at radius 1 is 1.35 bits per heavy atom. The van der Waals surface area contributed by atoms with Crippen LogP contribution in [0.1, 0.15) is 33.6 Å². The number of hydrogen-bond donors (Lipinski definition) is 0. The standard InChI is InChI=1S/C16H16ClNOS/c1-18-7-3-6-16(18,12-4-2-5-14(17)8-12)13-9-15(10-19)20-11-13/h2,4-5,8-11H,3,6-7H2,1H3. The molecule has 0 amide bonds.